The van der Waals surface area contributed by atoms with Crippen LogP contribution in [0.2, 0.25) is 0 Å². The maximum absolute atomic E-state index is 12.3. The maximum Gasteiger partial charge on any atom is 0.241 e. The normalized spacial score (nSPS) is 36.9. The Bertz CT molecular complexity index is 526. The van der Waals surface area contributed by atoms with Crippen LogP contribution in [0.15, 0.2) is 12.1 Å². The smallest absolute Gasteiger partial charge is 0.241 e. The van der Waals surface area contributed by atoms with Crippen molar-refractivity contribution in [3.05, 3.63) is 12.1 Å². The third-order valence-electron chi connectivity index (χ3n) is 5.27. The van der Waals surface area contributed by atoms with Crippen molar-refractivity contribution in [3.63, 3.8) is 0 Å². The predicted octanol–water partition coefficient (Wildman–Crippen LogP) is 0.894. The third-order valence-corrected chi connectivity index (χ3v) is 5.27. The van der Waals surface area contributed by atoms with Crippen molar-refractivity contribution >= 4 is 5.91 Å². The Labute approximate surface area is 123 Å². The average Bonchev–Trinajstić information content (AvgIpc) is 2.68. The van der Waals surface area contributed by atoms with Crippen LogP contribution in [0.5, 0.6) is 11.8 Å². The molecule has 21 heavy (non-hydrogen) atoms. The Hall–Kier alpha value is -1.69. The van der Waals surface area contributed by atoms with E-state index in [0.29, 0.717) is 6.04 Å². The molecule has 2 saturated carbocycles. The zero-order valence-electron chi connectivity index (χ0n) is 11.9. The molecule has 6 nitrogen and oxygen atoms in total. The lowest BCUT2D eigenvalue weighted by Gasteiger charge is -2.57. The van der Waals surface area contributed by atoms with Crippen LogP contribution in [0.3, 0.4) is 0 Å². The predicted molar refractivity (Wildman–Crippen MR) is 75.6 cm³/mol. The number of hydrogen-bond acceptors (Lipinski definition) is 4. The molecule has 2 unspecified atom stereocenters. The summed E-state index contributed by atoms with van der Waals surface area (Å²) in [6.45, 7) is -0.0614. The zero-order chi connectivity index (χ0) is 14.6. The maximum atomic E-state index is 12.3. The highest BCUT2D eigenvalue weighted by atomic mass is 16.3. The first kappa shape index (κ1) is 13.0. The fraction of sp³-hybridized carbons (Fsp3) is 0.667. The first-order valence-corrected chi connectivity index (χ1v) is 7.69. The van der Waals surface area contributed by atoms with Crippen LogP contribution < -0.4 is 10.6 Å². The Kier molecular flexibility index (Phi) is 2.73. The molecule has 1 aromatic rings. The van der Waals surface area contributed by atoms with Gasteiger partial charge in [-0.1, -0.05) is 0 Å². The van der Waals surface area contributed by atoms with Gasteiger partial charge < -0.3 is 15.5 Å². The number of amides is 1. The van der Waals surface area contributed by atoms with Gasteiger partial charge in [0, 0.05) is 18.2 Å². The Morgan fingerprint density at radius 2 is 1.86 bits per heavy atom. The standard InChI is InChI=1S/C15H21N3O3/c19-12(8-18-13(20)1-2-14(18)21)17-15-6-9-3-10(7-15)5-11(4-9)16-15/h1-2,9-11,16,20-21H,3-8H2,(H,17,19). The summed E-state index contributed by atoms with van der Waals surface area (Å²) >= 11 is 0. The van der Waals surface area contributed by atoms with E-state index in [-0.39, 0.29) is 29.9 Å². The SMILES string of the molecule is O=C(Cn1c(O)ccc1O)NC12CC3CC(CC(C3)N1)C2. The van der Waals surface area contributed by atoms with E-state index in [2.05, 4.69) is 10.6 Å². The van der Waals surface area contributed by atoms with Gasteiger partial charge >= 0.3 is 0 Å². The van der Waals surface area contributed by atoms with Gasteiger partial charge in [0.1, 0.15) is 6.54 Å². The van der Waals surface area contributed by atoms with E-state index in [1.54, 1.807) is 0 Å². The van der Waals surface area contributed by atoms with Gasteiger partial charge in [-0.25, -0.2) is 0 Å². The molecule has 2 aliphatic heterocycles. The van der Waals surface area contributed by atoms with E-state index < -0.39 is 0 Å². The fourth-order valence-corrected chi connectivity index (χ4v) is 4.79. The molecule has 2 saturated heterocycles. The van der Waals surface area contributed by atoms with Gasteiger partial charge in [-0.2, -0.15) is 0 Å². The van der Waals surface area contributed by atoms with Crippen molar-refractivity contribution in [1.29, 1.82) is 0 Å². The van der Waals surface area contributed by atoms with E-state index in [4.69, 9.17) is 0 Å². The second-order valence-electron chi connectivity index (χ2n) is 6.95. The minimum atomic E-state index is -0.274. The quantitative estimate of drug-likeness (QED) is 0.666. The minimum absolute atomic E-state index is 0.0614. The van der Waals surface area contributed by atoms with Gasteiger partial charge in [0.2, 0.25) is 5.91 Å². The van der Waals surface area contributed by atoms with Gasteiger partial charge in [-0.05, 0) is 43.9 Å². The van der Waals surface area contributed by atoms with Crippen LogP contribution in [0, 0.1) is 11.8 Å². The Morgan fingerprint density at radius 3 is 2.43 bits per heavy atom. The van der Waals surface area contributed by atoms with E-state index in [1.807, 2.05) is 0 Å². The number of piperidine rings is 2. The molecule has 2 atom stereocenters. The summed E-state index contributed by atoms with van der Waals surface area (Å²) < 4.78 is 1.20. The fourth-order valence-electron chi connectivity index (χ4n) is 4.79. The summed E-state index contributed by atoms with van der Waals surface area (Å²) in [6.07, 6.45) is 5.75. The number of rotatable bonds is 3. The second-order valence-corrected chi connectivity index (χ2v) is 6.95. The lowest BCUT2D eigenvalue weighted by Crippen LogP contribution is -2.71. The number of carbonyl (C=O) groups is 1. The molecule has 4 N–H and O–H groups in total. The summed E-state index contributed by atoms with van der Waals surface area (Å²) in [5.74, 6) is 1.07. The highest BCUT2D eigenvalue weighted by Crippen LogP contribution is 2.48. The molecule has 4 fully saturated rings. The molecule has 5 rings (SSSR count). The zero-order valence-corrected chi connectivity index (χ0v) is 11.9. The first-order chi connectivity index (χ1) is 10.0. The summed E-state index contributed by atoms with van der Waals surface area (Å²) in [6, 6.07) is 3.29. The van der Waals surface area contributed by atoms with Crippen LogP contribution in [0.25, 0.3) is 0 Å². The van der Waals surface area contributed by atoms with Crippen LogP contribution in [-0.2, 0) is 11.3 Å². The molecular weight excluding hydrogens is 270 g/mol. The third kappa shape index (κ3) is 2.18. The highest BCUT2D eigenvalue weighted by Gasteiger charge is 2.51. The van der Waals surface area contributed by atoms with Crippen LogP contribution in [-0.4, -0.2) is 32.4 Å². The molecule has 4 aliphatic rings. The number of nitrogens with one attached hydrogen (secondary N) is 2. The van der Waals surface area contributed by atoms with Crippen LogP contribution in [0.1, 0.15) is 32.1 Å². The van der Waals surface area contributed by atoms with E-state index in [9.17, 15) is 15.0 Å². The van der Waals surface area contributed by atoms with Gasteiger partial charge in [0.15, 0.2) is 11.8 Å². The largest absolute Gasteiger partial charge is 0.494 e. The Balaban J connectivity index is 1.47. The molecule has 1 aromatic heterocycles. The first-order valence-electron chi connectivity index (χ1n) is 7.69. The van der Waals surface area contributed by atoms with E-state index in [0.717, 1.165) is 24.7 Å². The second kappa shape index (κ2) is 4.40. The molecular formula is C15H21N3O3. The summed E-state index contributed by atoms with van der Waals surface area (Å²) in [5, 5.41) is 26.0. The summed E-state index contributed by atoms with van der Waals surface area (Å²) in [7, 11) is 0. The average molecular weight is 291 g/mol. The molecule has 2 aliphatic carbocycles. The molecule has 114 valence electrons. The van der Waals surface area contributed by atoms with Gasteiger partial charge in [-0.3, -0.25) is 14.7 Å². The van der Waals surface area contributed by atoms with E-state index >= 15 is 0 Å². The van der Waals surface area contributed by atoms with Gasteiger partial charge in [0.05, 0.1) is 5.66 Å². The topological polar surface area (TPSA) is 86.5 Å². The lowest BCUT2D eigenvalue weighted by atomic mass is 9.62. The van der Waals surface area contributed by atoms with Gasteiger partial charge in [0.25, 0.3) is 0 Å². The number of carbonyl (C=O) groups excluding carboxylic acids is 1. The Morgan fingerprint density at radius 1 is 1.24 bits per heavy atom. The molecule has 3 heterocycles. The molecule has 6 heteroatoms. The number of aromatic hydroxyl groups is 2. The molecule has 0 spiro atoms. The minimum Gasteiger partial charge on any atom is -0.494 e. The summed E-state index contributed by atoms with van der Waals surface area (Å²) in [5.41, 5.74) is -0.274. The highest BCUT2D eigenvalue weighted by molar-refractivity contribution is 5.77. The number of hydrogen-bond donors (Lipinski definition) is 4. The van der Waals surface area contributed by atoms with E-state index in [1.165, 1.54) is 36.0 Å². The van der Waals surface area contributed by atoms with Crippen molar-refractivity contribution < 1.29 is 15.0 Å². The van der Waals surface area contributed by atoms with Crippen LogP contribution in [0.4, 0.5) is 0 Å². The molecule has 1 amide bonds. The molecule has 4 bridgehead atoms. The van der Waals surface area contributed by atoms with Crippen molar-refractivity contribution in [2.24, 2.45) is 11.8 Å². The van der Waals surface area contributed by atoms with Crippen LogP contribution >= 0.6 is 0 Å². The van der Waals surface area contributed by atoms with Gasteiger partial charge in [-0.15, -0.1) is 0 Å². The monoisotopic (exact) mass is 291 g/mol. The number of aromatic nitrogens is 1. The van der Waals surface area contributed by atoms with Crippen molar-refractivity contribution in [2.45, 2.75) is 50.4 Å². The molecule has 0 radical (unpaired) electrons. The van der Waals surface area contributed by atoms with Crippen molar-refractivity contribution in [3.8, 4) is 11.8 Å². The summed E-state index contributed by atoms with van der Waals surface area (Å²) in [4.78, 5) is 12.3. The lowest BCUT2D eigenvalue weighted by molar-refractivity contribution is -0.128. The van der Waals surface area contributed by atoms with Crippen molar-refractivity contribution in [2.75, 3.05) is 0 Å². The number of nitrogens with zero attached hydrogens (tertiary/aromatic N) is 1. The molecule has 0 aromatic carbocycles. The van der Waals surface area contributed by atoms with Crippen molar-refractivity contribution in [1.82, 2.24) is 15.2 Å².